The maximum Gasteiger partial charge on any atom is 0.317 e. The Morgan fingerprint density at radius 2 is 1.73 bits per heavy atom. The van der Waals surface area contributed by atoms with Gasteiger partial charge in [0.1, 0.15) is 0 Å². The molecule has 1 fully saturated rings. The van der Waals surface area contributed by atoms with Crippen molar-refractivity contribution in [1.29, 1.82) is 0 Å². The number of piperazine rings is 1. The fourth-order valence-corrected chi connectivity index (χ4v) is 1.67. The predicted octanol–water partition coefficient (Wildman–Crippen LogP) is 1.13. The van der Waals surface area contributed by atoms with Crippen molar-refractivity contribution in [2.24, 2.45) is 0 Å². The lowest BCUT2D eigenvalue weighted by molar-refractivity contribution is 0.138. The Labute approximate surface area is 92.6 Å². The third-order valence-electron chi connectivity index (χ3n) is 2.59. The van der Waals surface area contributed by atoms with Crippen LogP contribution in [0.1, 0.15) is 27.7 Å². The molecule has 0 aromatic heterocycles. The minimum atomic E-state index is -0.140. The zero-order valence-electron chi connectivity index (χ0n) is 10.3. The maximum atomic E-state index is 11.8. The molecular weight excluding hydrogens is 190 g/mol. The molecule has 1 rings (SSSR count). The molecule has 1 aliphatic heterocycles. The van der Waals surface area contributed by atoms with Gasteiger partial charge in [0, 0.05) is 31.7 Å². The SMILES string of the molecule is CCN1CCN(C(=O)NC(C)(C)C)CC1. The average Bonchev–Trinajstić information content (AvgIpc) is 2.15. The highest BCUT2D eigenvalue weighted by Crippen LogP contribution is 2.05. The number of nitrogens with one attached hydrogen (secondary N) is 1. The first kappa shape index (κ1) is 12.3. The van der Waals surface area contributed by atoms with E-state index >= 15 is 0 Å². The van der Waals surface area contributed by atoms with E-state index in [0.717, 1.165) is 32.7 Å². The predicted molar refractivity (Wildman–Crippen MR) is 62.0 cm³/mol. The Morgan fingerprint density at radius 3 is 2.13 bits per heavy atom. The summed E-state index contributed by atoms with van der Waals surface area (Å²) in [6.45, 7) is 12.9. The monoisotopic (exact) mass is 213 g/mol. The van der Waals surface area contributed by atoms with Gasteiger partial charge in [0.15, 0.2) is 0 Å². The lowest BCUT2D eigenvalue weighted by Crippen LogP contribution is -2.54. The van der Waals surface area contributed by atoms with Crippen molar-refractivity contribution in [3.63, 3.8) is 0 Å². The smallest absolute Gasteiger partial charge is 0.317 e. The molecule has 0 atom stereocenters. The lowest BCUT2D eigenvalue weighted by atomic mass is 10.1. The van der Waals surface area contributed by atoms with Gasteiger partial charge in [0.25, 0.3) is 0 Å². The molecule has 0 aromatic rings. The minimum absolute atomic E-state index is 0.0678. The van der Waals surface area contributed by atoms with Gasteiger partial charge >= 0.3 is 6.03 Å². The van der Waals surface area contributed by atoms with Gasteiger partial charge in [-0.15, -0.1) is 0 Å². The first-order chi connectivity index (χ1) is 6.92. The quantitative estimate of drug-likeness (QED) is 0.709. The van der Waals surface area contributed by atoms with Crippen LogP contribution >= 0.6 is 0 Å². The second-order valence-corrected chi connectivity index (χ2v) is 5.10. The summed E-state index contributed by atoms with van der Waals surface area (Å²) in [6.07, 6.45) is 0. The number of nitrogens with zero attached hydrogens (tertiary/aromatic N) is 2. The van der Waals surface area contributed by atoms with Gasteiger partial charge in [-0.05, 0) is 27.3 Å². The van der Waals surface area contributed by atoms with Crippen LogP contribution in [0.5, 0.6) is 0 Å². The number of carbonyl (C=O) groups excluding carboxylic acids is 1. The van der Waals surface area contributed by atoms with Crippen LogP contribution in [0, 0.1) is 0 Å². The Bertz CT molecular complexity index is 214. The Morgan fingerprint density at radius 1 is 1.20 bits per heavy atom. The molecule has 0 unspecified atom stereocenters. The van der Waals surface area contributed by atoms with Crippen molar-refractivity contribution >= 4 is 6.03 Å². The minimum Gasteiger partial charge on any atom is -0.333 e. The van der Waals surface area contributed by atoms with E-state index in [2.05, 4.69) is 17.1 Å². The molecule has 4 heteroatoms. The van der Waals surface area contributed by atoms with E-state index in [4.69, 9.17) is 0 Å². The van der Waals surface area contributed by atoms with Crippen LogP contribution in [-0.2, 0) is 0 Å². The van der Waals surface area contributed by atoms with E-state index in [1.165, 1.54) is 0 Å². The summed E-state index contributed by atoms with van der Waals surface area (Å²) in [4.78, 5) is 16.1. The average molecular weight is 213 g/mol. The summed E-state index contributed by atoms with van der Waals surface area (Å²) in [7, 11) is 0. The Balaban J connectivity index is 2.37. The molecule has 1 N–H and O–H groups in total. The van der Waals surface area contributed by atoms with E-state index in [-0.39, 0.29) is 11.6 Å². The van der Waals surface area contributed by atoms with E-state index in [1.54, 1.807) is 0 Å². The van der Waals surface area contributed by atoms with Gasteiger partial charge in [0.05, 0.1) is 0 Å². The normalized spacial score (nSPS) is 19.1. The molecule has 88 valence electrons. The molecule has 2 amide bonds. The molecule has 0 aliphatic carbocycles. The summed E-state index contributed by atoms with van der Waals surface area (Å²) in [5.74, 6) is 0. The number of hydrogen-bond acceptors (Lipinski definition) is 2. The number of hydrogen-bond donors (Lipinski definition) is 1. The van der Waals surface area contributed by atoms with Crippen LogP contribution in [0.2, 0.25) is 0 Å². The van der Waals surface area contributed by atoms with E-state index in [0.29, 0.717) is 0 Å². The Hall–Kier alpha value is -0.770. The number of amides is 2. The highest BCUT2D eigenvalue weighted by atomic mass is 16.2. The van der Waals surface area contributed by atoms with Crippen LogP contribution in [0.25, 0.3) is 0 Å². The largest absolute Gasteiger partial charge is 0.333 e. The van der Waals surface area contributed by atoms with E-state index in [9.17, 15) is 4.79 Å². The van der Waals surface area contributed by atoms with Crippen LogP contribution < -0.4 is 5.32 Å². The summed E-state index contributed by atoms with van der Waals surface area (Å²) in [5, 5.41) is 2.99. The highest BCUT2D eigenvalue weighted by Gasteiger charge is 2.22. The van der Waals surface area contributed by atoms with Gasteiger partial charge in [0.2, 0.25) is 0 Å². The standard InChI is InChI=1S/C11H23N3O/c1-5-13-6-8-14(9-7-13)10(15)12-11(2,3)4/h5-9H2,1-4H3,(H,12,15). The molecule has 0 saturated carbocycles. The zero-order chi connectivity index (χ0) is 11.5. The lowest BCUT2D eigenvalue weighted by Gasteiger charge is -2.35. The van der Waals surface area contributed by atoms with Crippen molar-refractivity contribution in [3.8, 4) is 0 Å². The summed E-state index contributed by atoms with van der Waals surface area (Å²) in [5.41, 5.74) is -0.140. The van der Waals surface area contributed by atoms with Crippen LogP contribution in [-0.4, -0.2) is 54.1 Å². The van der Waals surface area contributed by atoms with Gasteiger partial charge in [-0.25, -0.2) is 4.79 Å². The molecule has 0 aromatic carbocycles. The van der Waals surface area contributed by atoms with Crippen molar-refractivity contribution in [1.82, 2.24) is 15.1 Å². The summed E-state index contributed by atoms with van der Waals surface area (Å²) < 4.78 is 0. The maximum absolute atomic E-state index is 11.8. The molecule has 0 bridgehead atoms. The molecule has 15 heavy (non-hydrogen) atoms. The third-order valence-corrected chi connectivity index (χ3v) is 2.59. The number of urea groups is 1. The van der Waals surface area contributed by atoms with E-state index < -0.39 is 0 Å². The van der Waals surface area contributed by atoms with Crippen molar-refractivity contribution < 1.29 is 4.79 Å². The fraction of sp³-hybridized carbons (Fsp3) is 0.909. The van der Waals surface area contributed by atoms with Crippen LogP contribution in [0.15, 0.2) is 0 Å². The highest BCUT2D eigenvalue weighted by molar-refractivity contribution is 5.75. The van der Waals surface area contributed by atoms with Crippen molar-refractivity contribution in [3.05, 3.63) is 0 Å². The third kappa shape index (κ3) is 4.08. The molecule has 0 radical (unpaired) electrons. The first-order valence-corrected chi connectivity index (χ1v) is 5.72. The number of likely N-dealkylation sites (N-methyl/N-ethyl adjacent to an activating group) is 1. The number of rotatable bonds is 1. The van der Waals surface area contributed by atoms with Gasteiger partial charge < -0.3 is 15.1 Å². The molecule has 4 nitrogen and oxygen atoms in total. The van der Waals surface area contributed by atoms with E-state index in [1.807, 2.05) is 25.7 Å². The molecular formula is C11H23N3O. The van der Waals surface area contributed by atoms with Crippen molar-refractivity contribution in [2.75, 3.05) is 32.7 Å². The Kier molecular flexibility index (Phi) is 3.97. The first-order valence-electron chi connectivity index (χ1n) is 5.72. The van der Waals surface area contributed by atoms with Gasteiger partial charge in [-0.3, -0.25) is 0 Å². The van der Waals surface area contributed by atoms with Crippen molar-refractivity contribution in [2.45, 2.75) is 33.2 Å². The fourth-order valence-electron chi connectivity index (χ4n) is 1.67. The van der Waals surface area contributed by atoms with Gasteiger partial charge in [-0.2, -0.15) is 0 Å². The second-order valence-electron chi connectivity index (χ2n) is 5.10. The second kappa shape index (κ2) is 4.84. The summed E-state index contributed by atoms with van der Waals surface area (Å²) >= 11 is 0. The zero-order valence-corrected chi connectivity index (χ0v) is 10.3. The van der Waals surface area contributed by atoms with Crippen LogP contribution in [0.4, 0.5) is 4.79 Å². The molecule has 1 saturated heterocycles. The van der Waals surface area contributed by atoms with Gasteiger partial charge in [-0.1, -0.05) is 6.92 Å². The molecule has 1 heterocycles. The molecule has 1 aliphatic rings. The number of carbonyl (C=O) groups is 1. The molecule has 0 spiro atoms. The summed E-state index contributed by atoms with van der Waals surface area (Å²) in [6, 6.07) is 0.0678. The topological polar surface area (TPSA) is 35.6 Å². The van der Waals surface area contributed by atoms with Crippen LogP contribution in [0.3, 0.4) is 0 Å².